The summed E-state index contributed by atoms with van der Waals surface area (Å²) >= 11 is 0. The summed E-state index contributed by atoms with van der Waals surface area (Å²) in [7, 11) is 2.28. The highest BCUT2D eigenvalue weighted by Gasteiger charge is 2.47. The van der Waals surface area contributed by atoms with Crippen LogP contribution in [0.3, 0.4) is 0 Å². The van der Waals surface area contributed by atoms with Crippen molar-refractivity contribution in [1.82, 2.24) is 9.80 Å². The number of hydrogen-bond donors (Lipinski definition) is 0. The first kappa shape index (κ1) is 15.7. The monoisotopic (exact) mass is 318 g/mol. The van der Waals surface area contributed by atoms with E-state index in [1.54, 1.807) is 6.26 Å². The van der Waals surface area contributed by atoms with E-state index in [9.17, 15) is 0 Å². The van der Waals surface area contributed by atoms with Crippen molar-refractivity contribution < 1.29 is 9.15 Å². The van der Waals surface area contributed by atoms with Gasteiger partial charge in [-0.1, -0.05) is 0 Å². The van der Waals surface area contributed by atoms with Crippen molar-refractivity contribution in [2.75, 3.05) is 46.4 Å². The largest absolute Gasteiger partial charge is 0.468 e. The lowest BCUT2D eigenvalue weighted by molar-refractivity contribution is 0.0155. The molecule has 4 heteroatoms. The van der Waals surface area contributed by atoms with E-state index in [1.165, 1.54) is 51.9 Å². The molecule has 2 saturated heterocycles. The summed E-state index contributed by atoms with van der Waals surface area (Å²) in [6.45, 7) is 7.77. The molecule has 3 heterocycles. The van der Waals surface area contributed by atoms with Crippen LogP contribution in [0.2, 0.25) is 0 Å². The Bertz CT molecular complexity index is 489. The number of nitrogens with zero attached hydrogens (tertiary/aromatic N) is 2. The molecule has 4 rings (SSSR count). The molecular formula is C19H30N2O2. The zero-order valence-corrected chi connectivity index (χ0v) is 14.4. The lowest BCUT2D eigenvalue weighted by Gasteiger charge is -2.42. The summed E-state index contributed by atoms with van der Waals surface area (Å²) in [6, 6.07) is 4.07. The standard InChI is InChI=1S/C19H30N2O2/c1-20-11-17(14-22-13-16-4-5-16)19(15-20)6-8-21(9-7-19)12-18-3-2-10-23-18/h2-3,10,16-17H,4-9,11-15H2,1H3. The third kappa shape index (κ3) is 3.65. The highest BCUT2D eigenvalue weighted by atomic mass is 16.5. The van der Waals surface area contributed by atoms with E-state index in [-0.39, 0.29) is 0 Å². The van der Waals surface area contributed by atoms with Crippen LogP contribution in [-0.2, 0) is 11.3 Å². The Balaban J connectivity index is 1.31. The molecule has 4 nitrogen and oxygen atoms in total. The summed E-state index contributed by atoms with van der Waals surface area (Å²) < 4.78 is 11.6. The fourth-order valence-electron chi connectivity index (χ4n) is 4.54. The van der Waals surface area contributed by atoms with Crippen LogP contribution in [0.5, 0.6) is 0 Å². The van der Waals surface area contributed by atoms with Gasteiger partial charge in [0.2, 0.25) is 0 Å². The Morgan fingerprint density at radius 2 is 2.09 bits per heavy atom. The zero-order valence-electron chi connectivity index (χ0n) is 14.4. The van der Waals surface area contributed by atoms with Gasteiger partial charge in [-0.05, 0) is 69.3 Å². The van der Waals surface area contributed by atoms with Crippen molar-refractivity contribution in [3.05, 3.63) is 24.2 Å². The second kappa shape index (κ2) is 6.58. The molecular weight excluding hydrogens is 288 g/mol. The van der Waals surface area contributed by atoms with Gasteiger partial charge >= 0.3 is 0 Å². The third-order valence-corrected chi connectivity index (χ3v) is 6.16. The van der Waals surface area contributed by atoms with Gasteiger partial charge in [0.25, 0.3) is 0 Å². The van der Waals surface area contributed by atoms with Crippen molar-refractivity contribution in [2.24, 2.45) is 17.3 Å². The predicted octanol–water partition coefficient (Wildman–Crippen LogP) is 2.85. The van der Waals surface area contributed by atoms with Gasteiger partial charge < -0.3 is 14.1 Å². The van der Waals surface area contributed by atoms with Crippen molar-refractivity contribution in [3.63, 3.8) is 0 Å². The quantitative estimate of drug-likeness (QED) is 0.806. The van der Waals surface area contributed by atoms with Crippen molar-refractivity contribution in [2.45, 2.75) is 32.2 Å². The van der Waals surface area contributed by atoms with E-state index < -0.39 is 0 Å². The Kier molecular flexibility index (Phi) is 4.48. The summed E-state index contributed by atoms with van der Waals surface area (Å²) in [4.78, 5) is 5.07. The number of rotatable bonds is 6. The molecule has 0 bridgehead atoms. The molecule has 23 heavy (non-hydrogen) atoms. The van der Waals surface area contributed by atoms with Crippen LogP contribution in [-0.4, -0.2) is 56.2 Å². The molecule has 1 atom stereocenters. The van der Waals surface area contributed by atoms with Crippen LogP contribution in [0.25, 0.3) is 0 Å². The minimum absolute atomic E-state index is 0.484. The number of piperidine rings is 1. The zero-order chi connectivity index (χ0) is 15.7. The predicted molar refractivity (Wildman–Crippen MR) is 90.2 cm³/mol. The maximum atomic E-state index is 6.07. The summed E-state index contributed by atoms with van der Waals surface area (Å²) in [5, 5.41) is 0. The Morgan fingerprint density at radius 1 is 1.26 bits per heavy atom. The molecule has 0 aromatic carbocycles. The van der Waals surface area contributed by atoms with E-state index in [0.717, 1.165) is 37.4 Å². The van der Waals surface area contributed by atoms with Crippen LogP contribution < -0.4 is 0 Å². The molecule has 0 radical (unpaired) electrons. The molecule has 0 amide bonds. The first-order valence-corrected chi connectivity index (χ1v) is 9.25. The number of furan rings is 1. The molecule has 3 aliphatic rings. The van der Waals surface area contributed by atoms with Gasteiger partial charge in [0.1, 0.15) is 5.76 Å². The van der Waals surface area contributed by atoms with Crippen LogP contribution in [0.15, 0.2) is 22.8 Å². The Morgan fingerprint density at radius 3 is 2.78 bits per heavy atom. The Labute approximate surface area is 139 Å². The fraction of sp³-hybridized carbons (Fsp3) is 0.789. The first-order chi connectivity index (χ1) is 11.2. The third-order valence-electron chi connectivity index (χ3n) is 6.16. The first-order valence-electron chi connectivity index (χ1n) is 9.25. The smallest absolute Gasteiger partial charge is 0.117 e. The average Bonchev–Trinajstić information content (AvgIpc) is 3.12. The summed E-state index contributed by atoms with van der Waals surface area (Å²) in [6.07, 6.45) is 7.15. The maximum absolute atomic E-state index is 6.07. The topological polar surface area (TPSA) is 28.9 Å². The van der Waals surface area contributed by atoms with Crippen molar-refractivity contribution in [1.29, 1.82) is 0 Å². The average molecular weight is 318 g/mol. The Hall–Kier alpha value is -0.840. The van der Waals surface area contributed by atoms with E-state index >= 15 is 0 Å². The highest BCUT2D eigenvalue weighted by molar-refractivity contribution is 5.01. The summed E-state index contributed by atoms with van der Waals surface area (Å²) in [5.74, 6) is 2.69. The minimum Gasteiger partial charge on any atom is -0.468 e. The highest BCUT2D eigenvalue weighted by Crippen LogP contribution is 2.44. The van der Waals surface area contributed by atoms with E-state index in [0.29, 0.717) is 5.41 Å². The fourth-order valence-corrected chi connectivity index (χ4v) is 4.54. The van der Waals surface area contributed by atoms with Gasteiger partial charge in [-0.2, -0.15) is 0 Å². The maximum Gasteiger partial charge on any atom is 0.117 e. The number of ether oxygens (including phenoxy) is 1. The summed E-state index contributed by atoms with van der Waals surface area (Å²) in [5.41, 5.74) is 0.484. The molecule has 0 N–H and O–H groups in total. The molecule has 1 saturated carbocycles. The lowest BCUT2D eigenvalue weighted by atomic mass is 9.71. The van der Waals surface area contributed by atoms with Gasteiger partial charge in [0.15, 0.2) is 0 Å². The van der Waals surface area contributed by atoms with E-state index in [4.69, 9.17) is 9.15 Å². The molecule has 1 spiro atoms. The SMILES string of the molecule is CN1CC(COCC2CC2)C2(CCN(Cc3ccco3)CC2)C1. The second-order valence-corrected chi connectivity index (χ2v) is 8.09. The van der Waals surface area contributed by atoms with Gasteiger partial charge in [-0.25, -0.2) is 0 Å². The van der Waals surface area contributed by atoms with Crippen molar-refractivity contribution >= 4 is 0 Å². The van der Waals surface area contributed by atoms with Crippen LogP contribution in [0, 0.1) is 17.3 Å². The van der Waals surface area contributed by atoms with Crippen LogP contribution in [0.1, 0.15) is 31.4 Å². The second-order valence-electron chi connectivity index (χ2n) is 8.09. The van der Waals surface area contributed by atoms with Gasteiger partial charge in [-0.15, -0.1) is 0 Å². The normalized spacial score (nSPS) is 28.7. The number of hydrogen-bond acceptors (Lipinski definition) is 4. The van der Waals surface area contributed by atoms with Gasteiger partial charge in [0, 0.05) is 25.6 Å². The minimum atomic E-state index is 0.484. The van der Waals surface area contributed by atoms with Crippen LogP contribution >= 0.6 is 0 Å². The number of likely N-dealkylation sites (tertiary alicyclic amines) is 2. The molecule has 1 aromatic rings. The van der Waals surface area contributed by atoms with Crippen molar-refractivity contribution in [3.8, 4) is 0 Å². The van der Waals surface area contributed by atoms with E-state index in [2.05, 4.69) is 22.9 Å². The molecule has 1 aliphatic carbocycles. The lowest BCUT2D eigenvalue weighted by Crippen LogP contribution is -2.44. The molecule has 1 aromatic heterocycles. The van der Waals surface area contributed by atoms with E-state index in [1.807, 2.05) is 6.07 Å². The molecule has 2 aliphatic heterocycles. The molecule has 1 unspecified atom stereocenters. The van der Waals surface area contributed by atoms with Gasteiger partial charge in [0.05, 0.1) is 19.4 Å². The van der Waals surface area contributed by atoms with Crippen LogP contribution in [0.4, 0.5) is 0 Å². The van der Waals surface area contributed by atoms with Gasteiger partial charge in [-0.3, -0.25) is 4.90 Å². The molecule has 3 fully saturated rings. The molecule has 128 valence electrons.